The van der Waals surface area contributed by atoms with Crippen molar-refractivity contribution in [2.24, 2.45) is 0 Å². The molecule has 1 aromatic heterocycles. The molecule has 2 aromatic carbocycles. The molecule has 3 aromatic rings. The first-order valence-corrected chi connectivity index (χ1v) is 7.81. The highest BCUT2D eigenvalue weighted by Crippen LogP contribution is 2.23. The second-order valence-corrected chi connectivity index (χ2v) is 5.91. The van der Waals surface area contributed by atoms with Crippen molar-refractivity contribution in [3.63, 3.8) is 0 Å². The maximum atomic E-state index is 12.4. The third-order valence-electron chi connectivity index (χ3n) is 4.41. The first-order valence-electron chi connectivity index (χ1n) is 7.81. The fourth-order valence-corrected chi connectivity index (χ4v) is 3.17. The molecule has 116 valence electrons. The second-order valence-electron chi connectivity index (χ2n) is 5.91. The van der Waals surface area contributed by atoms with E-state index in [1.54, 1.807) is 6.20 Å². The van der Waals surface area contributed by atoms with E-state index in [0.29, 0.717) is 18.0 Å². The number of rotatable bonds is 3. The summed E-state index contributed by atoms with van der Waals surface area (Å²) >= 11 is 0. The summed E-state index contributed by atoms with van der Waals surface area (Å²) in [5.74, 6) is 0.262. The largest absolute Gasteiger partial charge is 0.351 e. The van der Waals surface area contributed by atoms with Crippen LogP contribution in [0.15, 0.2) is 48.7 Å². The zero-order valence-electron chi connectivity index (χ0n) is 12.7. The summed E-state index contributed by atoms with van der Waals surface area (Å²) in [6, 6.07) is 14.0. The van der Waals surface area contributed by atoms with Gasteiger partial charge in [-0.15, -0.1) is 0 Å². The molecule has 4 rings (SSSR count). The topological polar surface area (TPSA) is 69.8 Å². The molecule has 0 saturated heterocycles. The molecule has 0 radical (unpaired) electrons. The van der Waals surface area contributed by atoms with Crippen LogP contribution in [0, 0.1) is 0 Å². The Balaban J connectivity index is 1.47. The Morgan fingerprint density at radius 1 is 1.26 bits per heavy atom. The molecule has 1 atom stereocenters. The van der Waals surface area contributed by atoms with Crippen molar-refractivity contribution < 1.29 is 4.79 Å². The number of aromatic nitrogens is 2. The van der Waals surface area contributed by atoms with Crippen molar-refractivity contribution in [3.05, 3.63) is 65.4 Å². The van der Waals surface area contributed by atoms with E-state index in [1.807, 2.05) is 18.2 Å². The molecular formula is C18H18N4O. The first-order chi connectivity index (χ1) is 11.3. The van der Waals surface area contributed by atoms with Crippen LogP contribution >= 0.6 is 0 Å². The van der Waals surface area contributed by atoms with Crippen LogP contribution in [0.3, 0.4) is 0 Å². The quantitative estimate of drug-likeness (QED) is 0.694. The number of hydrogen-bond acceptors (Lipinski definition) is 3. The number of fused-ring (bicyclic) bond motifs is 2. The van der Waals surface area contributed by atoms with Gasteiger partial charge in [-0.25, -0.2) is 0 Å². The average Bonchev–Trinajstić information content (AvgIpc) is 3.07. The van der Waals surface area contributed by atoms with E-state index in [-0.39, 0.29) is 5.91 Å². The second kappa shape index (κ2) is 5.85. The molecule has 2 heterocycles. The summed E-state index contributed by atoms with van der Waals surface area (Å²) in [4.78, 5) is 12.4. The summed E-state index contributed by atoms with van der Waals surface area (Å²) < 4.78 is 0. The van der Waals surface area contributed by atoms with Crippen LogP contribution in [0.25, 0.3) is 10.9 Å². The molecule has 5 nitrogen and oxygen atoms in total. The Bertz CT molecular complexity index is 855. The number of carbonyl (C=O) groups excluding carboxylic acids is 1. The van der Waals surface area contributed by atoms with Gasteiger partial charge in [0.05, 0.1) is 11.7 Å². The van der Waals surface area contributed by atoms with Crippen LogP contribution in [-0.4, -0.2) is 29.2 Å². The molecule has 1 unspecified atom stereocenters. The number of nitrogens with one attached hydrogen (secondary N) is 3. The summed E-state index contributed by atoms with van der Waals surface area (Å²) in [7, 11) is 0. The molecule has 5 heteroatoms. The molecule has 1 aliphatic heterocycles. The summed E-state index contributed by atoms with van der Waals surface area (Å²) in [5.41, 5.74) is 4.25. The summed E-state index contributed by atoms with van der Waals surface area (Å²) in [6.45, 7) is 2.42. The predicted octanol–water partition coefficient (Wildman–Crippen LogP) is 2.18. The van der Waals surface area contributed by atoms with E-state index >= 15 is 0 Å². The van der Waals surface area contributed by atoms with E-state index < -0.39 is 0 Å². The number of nitrogens with zero attached hydrogens (tertiary/aromatic N) is 1. The van der Waals surface area contributed by atoms with E-state index in [9.17, 15) is 4.79 Å². The van der Waals surface area contributed by atoms with Crippen LogP contribution < -0.4 is 10.6 Å². The van der Waals surface area contributed by atoms with E-state index in [1.165, 1.54) is 11.1 Å². The fourth-order valence-electron chi connectivity index (χ4n) is 3.17. The van der Waals surface area contributed by atoms with E-state index in [2.05, 4.69) is 45.1 Å². The van der Waals surface area contributed by atoms with Crippen LogP contribution in [0.1, 0.15) is 27.4 Å². The van der Waals surface area contributed by atoms with Gasteiger partial charge in [0.15, 0.2) is 0 Å². The number of aromatic amines is 1. The van der Waals surface area contributed by atoms with Crippen molar-refractivity contribution in [2.45, 2.75) is 12.5 Å². The molecule has 0 fully saturated rings. The van der Waals surface area contributed by atoms with Gasteiger partial charge in [0.25, 0.3) is 5.91 Å². The number of H-pyrrole nitrogens is 1. The number of carbonyl (C=O) groups is 1. The van der Waals surface area contributed by atoms with Gasteiger partial charge in [0, 0.05) is 36.5 Å². The third-order valence-corrected chi connectivity index (χ3v) is 4.41. The lowest BCUT2D eigenvalue weighted by molar-refractivity contribution is 0.0951. The molecule has 0 aliphatic carbocycles. The number of benzene rings is 2. The van der Waals surface area contributed by atoms with Crippen LogP contribution in [0.5, 0.6) is 0 Å². The monoisotopic (exact) mass is 306 g/mol. The predicted molar refractivity (Wildman–Crippen MR) is 89.3 cm³/mol. The van der Waals surface area contributed by atoms with Gasteiger partial charge in [-0.2, -0.15) is 5.10 Å². The summed E-state index contributed by atoms with van der Waals surface area (Å²) in [6.07, 6.45) is 1.73. The van der Waals surface area contributed by atoms with Crippen LogP contribution in [-0.2, 0) is 6.54 Å². The van der Waals surface area contributed by atoms with Gasteiger partial charge in [0.1, 0.15) is 0 Å². The van der Waals surface area contributed by atoms with Crippen molar-refractivity contribution >= 4 is 16.8 Å². The zero-order valence-corrected chi connectivity index (χ0v) is 12.7. The SMILES string of the molecule is O=C(NCC1CNCc2ccccc21)c1ccc2[nH]ncc2c1. The van der Waals surface area contributed by atoms with Gasteiger partial charge in [-0.1, -0.05) is 24.3 Å². The minimum Gasteiger partial charge on any atom is -0.351 e. The van der Waals surface area contributed by atoms with Gasteiger partial charge in [0.2, 0.25) is 0 Å². The Morgan fingerprint density at radius 2 is 2.17 bits per heavy atom. The Hall–Kier alpha value is -2.66. The minimum absolute atomic E-state index is 0.0452. The fraction of sp³-hybridized carbons (Fsp3) is 0.222. The van der Waals surface area contributed by atoms with Crippen molar-refractivity contribution in [2.75, 3.05) is 13.1 Å². The molecule has 23 heavy (non-hydrogen) atoms. The molecule has 1 aliphatic rings. The molecule has 1 amide bonds. The molecule has 0 saturated carbocycles. The number of hydrogen-bond donors (Lipinski definition) is 3. The lowest BCUT2D eigenvalue weighted by Gasteiger charge is -2.26. The van der Waals surface area contributed by atoms with Crippen molar-refractivity contribution in [1.29, 1.82) is 0 Å². The van der Waals surface area contributed by atoms with Gasteiger partial charge in [-0.05, 0) is 29.3 Å². The first kappa shape index (κ1) is 14.0. The highest BCUT2D eigenvalue weighted by molar-refractivity contribution is 5.97. The van der Waals surface area contributed by atoms with Crippen molar-refractivity contribution in [3.8, 4) is 0 Å². The molecule has 0 spiro atoms. The normalized spacial score (nSPS) is 17.0. The molecule has 0 bridgehead atoms. The Labute approximate surface area is 134 Å². The van der Waals surface area contributed by atoms with Crippen LogP contribution in [0.4, 0.5) is 0 Å². The van der Waals surface area contributed by atoms with Crippen LogP contribution in [0.2, 0.25) is 0 Å². The smallest absolute Gasteiger partial charge is 0.251 e. The number of amides is 1. The lowest BCUT2D eigenvalue weighted by atomic mass is 9.91. The zero-order chi connectivity index (χ0) is 15.6. The van der Waals surface area contributed by atoms with Crippen molar-refractivity contribution in [1.82, 2.24) is 20.8 Å². The highest BCUT2D eigenvalue weighted by Gasteiger charge is 2.20. The van der Waals surface area contributed by atoms with Gasteiger partial charge < -0.3 is 10.6 Å². The van der Waals surface area contributed by atoms with Gasteiger partial charge >= 0.3 is 0 Å². The van der Waals surface area contributed by atoms with E-state index in [4.69, 9.17) is 0 Å². The highest BCUT2D eigenvalue weighted by atomic mass is 16.1. The lowest BCUT2D eigenvalue weighted by Crippen LogP contribution is -2.36. The van der Waals surface area contributed by atoms with Gasteiger partial charge in [-0.3, -0.25) is 9.89 Å². The average molecular weight is 306 g/mol. The maximum Gasteiger partial charge on any atom is 0.251 e. The molecular weight excluding hydrogens is 288 g/mol. The minimum atomic E-state index is -0.0452. The third kappa shape index (κ3) is 2.71. The molecule has 3 N–H and O–H groups in total. The Morgan fingerprint density at radius 3 is 3.13 bits per heavy atom. The summed E-state index contributed by atoms with van der Waals surface area (Å²) in [5, 5.41) is 14.3. The maximum absolute atomic E-state index is 12.4. The Kier molecular flexibility index (Phi) is 3.55. The standard InChI is InChI=1S/C18H18N4O/c23-18(12-5-6-17-14(7-12)11-21-22-17)20-10-15-9-19-8-13-3-1-2-4-16(13)15/h1-7,11,15,19H,8-10H2,(H,20,23)(H,21,22). The van der Waals surface area contributed by atoms with E-state index in [0.717, 1.165) is 24.0 Å².